The molecule has 0 fully saturated rings. The number of nitrogens with zero attached hydrogens (tertiary/aromatic N) is 1. The zero-order chi connectivity index (χ0) is 23.8. The van der Waals surface area contributed by atoms with Gasteiger partial charge < -0.3 is 15.5 Å². The number of hydrogen-bond acceptors (Lipinski definition) is 3. The van der Waals surface area contributed by atoms with Crippen LogP contribution in [0.4, 0.5) is 5.69 Å². The molecule has 33 heavy (non-hydrogen) atoms. The zero-order valence-electron chi connectivity index (χ0n) is 19.2. The molecule has 6 heteroatoms. The number of anilines is 1. The Morgan fingerprint density at radius 3 is 2.15 bits per heavy atom. The average Bonchev–Trinajstić information content (AvgIpc) is 2.81. The maximum Gasteiger partial charge on any atom is 0.254 e. The molecular weight excluding hydrogens is 414 g/mol. The number of nitrogens with one attached hydrogen (secondary N) is 2. The lowest BCUT2D eigenvalue weighted by molar-refractivity contribution is -0.119. The van der Waals surface area contributed by atoms with Gasteiger partial charge in [-0.1, -0.05) is 54.6 Å². The summed E-state index contributed by atoms with van der Waals surface area (Å²) in [5, 5.41) is 5.56. The van der Waals surface area contributed by atoms with Crippen molar-refractivity contribution < 1.29 is 14.4 Å². The number of carbonyl (C=O) groups excluding carboxylic acids is 3. The molecule has 0 saturated carbocycles. The summed E-state index contributed by atoms with van der Waals surface area (Å²) >= 11 is 0. The molecule has 0 spiro atoms. The summed E-state index contributed by atoms with van der Waals surface area (Å²) in [4.78, 5) is 38.0. The molecule has 0 radical (unpaired) electrons. The first kappa shape index (κ1) is 23.7. The van der Waals surface area contributed by atoms with E-state index in [9.17, 15) is 14.4 Å². The Hall–Kier alpha value is -3.93. The summed E-state index contributed by atoms with van der Waals surface area (Å²) in [6.45, 7) is 5.79. The van der Waals surface area contributed by atoms with Gasteiger partial charge in [-0.3, -0.25) is 14.4 Å². The second-order valence-electron chi connectivity index (χ2n) is 8.01. The van der Waals surface area contributed by atoms with Gasteiger partial charge in [0.1, 0.15) is 0 Å². The zero-order valence-corrected chi connectivity index (χ0v) is 19.2. The standard InChI is InChI=1S/C27H29N3O3/c1-19(25-10-7-11-26(16-25)29-21(3)32)30(18-23-8-5-4-6-9-23)27(33)24-14-12-22(13-15-24)17-28-20(2)31/h4-16,19H,17-18H2,1-3H3,(H,28,31)(H,29,32). The topological polar surface area (TPSA) is 78.5 Å². The van der Waals surface area contributed by atoms with E-state index in [1.807, 2.05) is 78.6 Å². The molecule has 6 nitrogen and oxygen atoms in total. The predicted molar refractivity (Wildman–Crippen MR) is 129 cm³/mol. The average molecular weight is 444 g/mol. The van der Waals surface area contributed by atoms with Crippen LogP contribution >= 0.6 is 0 Å². The minimum Gasteiger partial charge on any atom is -0.352 e. The molecule has 1 atom stereocenters. The molecular formula is C27H29N3O3. The van der Waals surface area contributed by atoms with Crippen LogP contribution < -0.4 is 10.6 Å². The third-order valence-electron chi connectivity index (χ3n) is 5.36. The number of amides is 3. The summed E-state index contributed by atoms with van der Waals surface area (Å²) in [5.41, 5.74) is 4.14. The first-order valence-electron chi connectivity index (χ1n) is 10.9. The SMILES string of the molecule is CC(=O)NCc1ccc(C(=O)N(Cc2ccccc2)C(C)c2cccc(NC(C)=O)c2)cc1. The normalized spacial score (nSPS) is 11.4. The third kappa shape index (κ3) is 6.77. The van der Waals surface area contributed by atoms with Crippen LogP contribution in [0.5, 0.6) is 0 Å². The van der Waals surface area contributed by atoms with Gasteiger partial charge in [0, 0.05) is 38.2 Å². The predicted octanol–water partition coefficient (Wildman–Crippen LogP) is 4.68. The molecule has 3 amide bonds. The third-order valence-corrected chi connectivity index (χ3v) is 5.36. The van der Waals surface area contributed by atoms with Gasteiger partial charge >= 0.3 is 0 Å². The molecule has 0 aliphatic carbocycles. The molecule has 2 N–H and O–H groups in total. The fourth-order valence-electron chi connectivity index (χ4n) is 3.58. The lowest BCUT2D eigenvalue weighted by atomic mass is 10.0. The van der Waals surface area contributed by atoms with Crippen molar-refractivity contribution in [3.63, 3.8) is 0 Å². The molecule has 0 aliphatic rings. The minimum absolute atomic E-state index is 0.0950. The maximum absolute atomic E-state index is 13.6. The highest BCUT2D eigenvalue weighted by molar-refractivity contribution is 5.94. The highest BCUT2D eigenvalue weighted by atomic mass is 16.2. The maximum atomic E-state index is 13.6. The summed E-state index contributed by atoms with van der Waals surface area (Å²) in [6, 6.07) is 24.5. The van der Waals surface area contributed by atoms with E-state index in [1.54, 1.807) is 12.1 Å². The van der Waals surface area contributed by atoms with E-state index in [0.717, 1.165) is 16.7 Å². The van der Waals surface area contributed by atoms with Crippen molar-refractivity contribution in [2.24, 2.45) is 0 Å². The van der Waals surface area contributed by atoms with E-state index in [1.165, 1.54) is 13.8 Å². The van der Waals surface area contributed by atoms with E-state index in [4.69, 9.17) is 0 Å². The van der Waals surface area contributed by atoms with Crippen LogP contribution in [0.1, 0.15) is 53.9 Å². The lowest BCUT2D eigenvalue weighted by Gasteiger charge is -2.30. The van der Waals surface area contributed by atoms with Gasteiger partial charge in [-0.05, 0) is 47.9 Å². The molecule has 0 saturated heterocycles. The van der Waals surface area contributed by atoms with Crippen molar-refractivity contribution in [1.29, 1.82) is 0 Å². The molecule has 0 bridgehead atoms. The van der Waals surface area contributed by atoms with Gasteiger partial charge in [0.2, 0.25) is 11.8 Å². The van der Waals surface area contributed by atoms with Crippen LogP contribution in [0.25, 0.3) is 0 Å². The second kappa shape index (κ2) is 11.1. The van der Waals surface area contributed by atoms with E-state index < -0.39 is 0 Å². The summed E-state index contributed by atoms with van der Waals surface area (Å²) in [7, 11) is 0. The van der Waals surface area contributed by atoms with Crippen LogP contribution in [0.3, 0.4) is 0 Å². The number of benzene rings is 3. The molecule has 0 aliphatic heterocycles. The number of carbonyl (C=O) groups is 3. The smallest absolute Gasteiger partial charge is 0.254 e. The van der Waals surface area contributed by atoms with Crippen molar-refractivity contribution >= 4 is 23.4 Å². The van der Waals surface area contributed by atoms with E-state index in [0.29, 0.717) is 24.3 Å². The van der Waals surface area contributed by atoms with E-state index in [2.05, 4.69) is 10.6 Å². The second-order valence-corrected chi connectivity index (χ2v) is 8.01. The Morgan fingerprint density at radius 1 is 0.818 bits per heavy atom. The highest BCUT2D eigenvalue weighted by Gasteiger charge is 2.23. The van der Waals surface area contributed by atoms with Crippen molar-refractivity contribution in [1.82, 2.24) is 10.2 Å². The van der Waals surface area contributed by atoms with Gasteiger partial charge in [-0.2, -0.15) is 0 Å². The minimum atomic E-state index is -0.231. The molecule has 1 unspecified atom stereocenters. The molecule has 3 aromatic carbocycles. The van der Waals surface area contributed by atoms with E-state index in [-0.39, 0.29) is 23.8 Å². The van der Waals surface area contributed by atoms with Gasteiger partial charge in [-0.25, -0.2) is 0 Å². The Bertz CT molecular complexity index is 1110. The van der Waals surface area contributed by atoms with Crippen LogP contribution in [0.2, 0.25) is 0 Å². The largest absolute Gasteiger partial charge is 0.352 e. The first-order chi connectivity index (χ1) is 15.8. The first-order valence-corrected chi connectivity index (χ1v) is 10.9. The molecule has 170 valence electrons. The monoisotopic (exact) mass is 443 g/mol. The van der Waals surface area contributed by atoms with Gasteiger partial charge in [-0.15, -0.1) is 0 Å². The summed E-state index contributed by atoms with van der Waals surface area (Å²) in [5.74, 6) is -0.335. The van der Waals surface area contributed by atoms with Gasteiger partial charge in [0.15, 0.2) is 0 Å². The van der Waals surface area contributed by atoms with Crippen molar-refractivity contribution in [3.05, 3.63) is 101 Å². The van der Waals surface area contributed by atoms with Crippen molar-refractivity contribution in [2.45, 2.75) is 39.9 Å². The Balaban J connectivity index is 1.88. The van der Waals surface area contributed by atoms with Crippen LogP contribution in [-0.4, -0.2) is 22.6 Å². The molecule has 3 rings (SSSR count). The van der Waals surface area contributed by atoms with Gasteiger partial charge in [0.25, 0.3) is 5.91 Å². The lowest BCUT2D eigenvalue weighted by Crippen LogP contribution is -2.33. The Morgan fingerprint density at radius 2 is 1.52 bits per heavy atom. The molecule has 0 heterocycles. The summed E-state index contributed by atoms with van der Waals surface area (Å²) < 4.78 is 0. The Labute approximate surface area is 194 Å². The summed E-state index contributed by atoms with van der Waals surface area (Å²) in [6.07, 6.45) is 0. The Kier molecular flexibility index (Phi) is 7.97. The number of hydrogen-bond donors (Lipinski definition) is 2. The highest BCUT2D eigenvalue weighted by Crippen LogP contribution is 2.27. The molecule has 3 aromatic rings. The van der Waals surface area contributed by atoms with Crippen molar-refractivity contribution in [2.75, 3.05) is 5.32 Å². The fourth-order valence-corrected chi connectivity index (χ4v) is 3.58. The van der Waals surface area contributed by atoms with Crippen LogP contribution in [-0.2, 0) is 22.7 Å². The number of rotatable bonds is 8. The van der Waals surface area contributed by atoms with Crippen LogP contribution in [0, 0.1) is 0 Å². The van der Waals surface area contributed by atoms with Crippen LogP contribution in [0.15, 0.2) is 78.9 Å². The quantitative estimate of drug-likeness (QED) is 0.530. The van der Waals surface area contributed by atoms with E-state index >= 15 is 0 Å². The van der Waals surface area contributed by atoms with Gasteiger partial charge in [0.05, 0.1) is 6.04 Å². The van der Waals surface area contributed by atoms with Crippen molar-refractivity contribution in [3.8, 4) is 0 Å². The molecule has 0 aromatic heterocycles. The fraction of sp³-hybridized carbons (Fsp3) is 0.222.